The molecule has 98 valence electrons. The van der Waals surface area contributed by atoms with E-state index in [1.807, 2.05) is 6.92 Å². The zero-order valence-corrected chi connectivity index (χ0v) is 10.5. The fourth-order valence-corrected chi connectivity index (χ4v) is 1.38. The predicted octanol–water partition coefficient (Wildman–Crippen LogP) is 0.401. The lowest BCUT2D eigenvalue weighted by molar-refractivity contribution is -0.120. The van der Waals surface area contributed by atoms with E-state index in [0.29, 0.717) is 18.7 Å². The van der Waals surface area contributed by atoms with Crippen LogP contribution in [0.15, 0.2) is 24.3 Å². The molecule has 18 heavy (non-hydrogen) atoms. The molecule has 0 aliphatic rings. The third-order valence-electron chi connectivity index (χ3n) is 2.43. The van der Waals surface area contributed by atoms with Gasteiger partial charge in [0.05, 0.1) is 6.54 Å². The van der Waals surface area contributed by atoms with Crippen LogP contribution < -0.4 is 16.4 Å². The zero-order valence-electron chi connectivity index (χ0n) is 10.5. The first kappa shape index (κ1) is 14.2. The average Bonchev–Trinajstić information content (AvgIpc) is 2.42. The zero-order chi connectivity index (χ0) is 13.4. The molecule has 0 aliphatic heterocycles. The Kier molecular flexibility index (Phi) is 5.87. The Morgan fingerprint density at radius 3 is 2.39 bits per heavy atom. The molecule has 1 aromatic rings. The molecular weight excluding hydrogens is 230 g/mol. The summed E-state index contributed by atoms with van der Waals surface area (Å²) in [6, 6.07) is 6.99. The van der Waals surface area contributed by atoms with Crippen LogP contribution in [0.2, 0.25) is 0 Å². The number of benzene rings is 1. The number of rotatable bonds is 6. The second-order valence-corrected chi connectivity index (χ2v) is 3.93. The highest BCUT2D eigenvalue weighted by Crippen LogP contribution is 2.03. The quantitative estimate of drug-likeness (QED) is 0.682. The van der Waals surface area contributed by atoms with Crippen molar-refractivity contribution in [3.63, 3.8) is 0 Å². The highest BCUT2D eigenvalue weighted by Gasteiger charge is 2.07. The molecule has 0 aliphatic carbocycles. The van der Waals surface area contributed by atoms with Crippen LogP contribution in [-0.2, 0) is 11.3 Å². The molecule has 5 heteroatoms. The van der Waals surface area contributed by atoms with Gasteiger partial charge in [-0.2, -0.15) is 0 Å². The fraction of sp³-hybridized carbons (Fsp3) is 0.385. The lowest BCUT2D eigenvalue weighted by Gasteiger charge is -2.06. The summed E-state index contributed by atoms with van der Waals surface area (Å²) in [5.41, 5.74) is 6.96. The van der Waals surface area contributed by atoms with Gasteiger partial charge in [-0.05, 0) is 24.1 Å². The third kappa shape index (κ3) is 4.55. The summed E-state index contributed by atoms with van der Waals surface area (Å²) in [6.07, 6.45) is 0.875. The summed E-state index contributed by atoms with van der Waals surface area (Å²) in [7, 11) is 0. The van der Waals surface area contributed by atoms with Crippen molar-refractivity contribution >= 4 is 11.8 Å². The Morgan fingerprint density at radius 1 is 1.17 bits per heavy atom. The van der Waals surface area contributed by atoms with Crippen molar-refractivity contribution in [2.75, 3.05) is 13.1 Å². The van der Waals surface area contributed by atoms with Crippen molar-refractivity contribution < 1.29 is 9.59 Å². The number of nitrogens with one attached hydrogen (secondary N) is 2. The Morgan fingerprint density at radius 2 is 1.83 bits per heavy atom. The van der Waals surface area contributed by atoms with Crippen LogP contribution in [0.1, 0.15) is 29.3 Å². The average molecular weight is 249 g/mol. The molecule has 2 amide bonds. The standard InChI is InChI=1S/C13H19N3O2/c1-2-7-15-12(17)9-16-13(18)11-5-3-10(8-14)4-6-11/h3-6H,2,7-9,14H2,1H3,(H,15,17)(H,16,18). The van der Waals surface area contributed by atoms with E-state index in [1.54, 1.807) is 24.3 Å². The van der Waals surface area contributed by atoms with Gasteiger partial charge >= 0.3 is 0 Å². The number of carbonyl (C=O) groups is 2. The van der Waals surface area contributed by atoms with E-state index in [1.165, 1.54) is 0 Å². The molecule has 0 radical (unpaired) electrons. The van der Waals surface area contributed by atoms with Gasteiger partial charge in [0.2, 0.25) is 5.91 Å². The molecule has 0 atom stereocenters. The molecule has 0 aromatic heterocycles. The van der Waals surface area contributed by atoms with E-state index >= 15 is 0 Å². The number of amides is 2. The van der Waals surface area contributed by atoms with Crippen molar-refractivity contribution in [2.24, 2.45) is 5.73 Å². The number of hydrogen-bond donors (Lipinski definition) is 3. The summed E-state index contributed by atoms with van der Waals surface area (Å²) in [6.45, 7) is 3.04. The predicted molar refractivity (Wildman–Crippen MR) is 70.0 cm³/mol. The van der Waals surface area contributed by atoms with Crippen LogP contribution in [-0.4, -0.2) is 24.9 Å². The monoisotopic (exact) mass is 249 g/mol. The van der Waals surface area contributed by atoms with Gasteiger partial charge in [0, 0.05) is 18.7 Å². The molecule has 1 aromatic carbocycles. The first-order valence-electron chi connectivity index (χ1n) is 6.01. The second kappa shape index (κ2) is 7.45. The van der Waals surface area contributed by atoms with Crippen molar-refractivity contribution in [3.8, 4) is 0 Å². The van der Waals surface area contributed by atoms with Crippen LogP contribution in [0.5, 0.6) is 0 Å². The second-order valence-electron chi connectivity index (χ2n) is 3.93. The number of carbonyl (C=O) groups excluding carboxylic acids is 2. The summed E-state index contributed by atoms with van der Waals surface area (Å²) in [5, 5.41) is 5.25. The van der Waals surface area contributed by atoms with Gasteiger partial charge in [0.15, 0.2) is 0 Å². The Bertz CT molecular complexity index is 401. The van der Waals surface area contributed by atoms with Crippen molar-refractivity contribution in [1.82, 2.24) is 10.6 Å². The normalized spacial score (nSPS) is 9.89. The van der Waals surface area contributed by atoms with E-state index in [4.69, 9.17) is 5.73 Å². The van der Waals surface area contributed by atoms with Gasteiger partial charge in [-0.3, -0.25) is 9.59 Å². The SMILES string of the molecule is CCCNC(=O)CNC(=O)c1ccc(CN)cc1. The largest absolute Gasteiger partial charge is 0.355 e. The lowest BCUT2D eigenvalue weighted by Crippen LogP contribution is -2.37. The van der Waals surface area contributed by atoms with Gasteiger partial charge < -0.3 is 16.4 Å². The number of hydrogen-bond acceptors (Lipinski definition) is 3. The summed E-state index contributed by atoms with van der Waals surface area (Å²) in [4.78, 5) is 23.0. The van der Waals surface area contributed by atoms with Crippen molar-refractivity contribution in [3.05, 3.63) is 35.4 Å². The fourth-order valence-electron chi connectivity index (χ4n) is 1.38. The van der Waals surface area contributed by atoms with Crippen LogP contribution >= 0.6 is 0 Å². The van der Waals surface area contributed by atoms with E-state index in [-0.39, 0.29) is 18.4 Å². The minimum atomic E-state index is -0.259. The lowest BCUT2D eigenvalue weighted by atomic mass is 10.1. The molecule has 0 unspecified atom stereocenters. The topological polar surface area (TPSA) is 84.2 Å². The van der Waals surface area contributed by atoms with E-state index in [0.717, 1.165) is 12.0 Å². The van der Waals surface area contributed by atoms with Crippen LogP contribution in [0.3, 0.4) is 0 Å². The molecule has 4 N–H and O–H groups in total. The first-order chi connectivity index (χ1) is 8.67. The highest BCUT2D eigenvalue weighted by atomic mass is 16.2. The maximum absolute atomic E-state index is 11.7. The molecule has 0 bridgehead atoms. The van der Waals surface area contributed by atoms with Crippen molar-refractivity contribution in [2.45, 2.75) is 19.9 Å². The number of nitrogens with two attached hydrogens (primary N) is 1. The molecule has 5 nitrogen and oxygen atoms in total. The minimum absolute atomic E-state index is 0.00251. The summed E-state index contributed by atoms with van der Waals surface area (Å²) >= 11 is 0. The maximum Gasteiger partial charge on any atom is 0.251 e. The smallest absolute Gasteiger partial charge is 0.251 e. The Hall–Kier alpha value is -1.88. The Labute approximate surface area is 107 Å². The van der Waals surface area contributed by atoms with Crippen LogP contribution in [0, 0.1) is 0 Å². The van der Waals surface area contributed by atoms with Crippen LogP contribution in [0.25, 0.3) is 0 Å². The molecular formula is C13H19N3O2. The van der Waals surface area contributed by atoms with Gasteiger partial charge in [-0.15, -0.1) is 0 Å². The molecule has 0 fully saturated rings. The van der Waals surface area contributed by atoms with Crippen molar-refractivity contribution in [1.29, 1.82) is 0 Å². The first-order valence-corrected chi connectivity index (χ1v) is 6.01. The molecule has 0 heterocycles. The summed E-state index contributed by atoms with van der Waals surface area (Å²) in [5.74, 6) is -0.436. The highest BCUT2D eigenvalue weighted by molar-refractivity contribution is 5.96. The van der Waals surface area contributed by atoms with E-state index in [2.05, 4.69) is 10.6 Å². The molecule has 1 rings (SSSR count). The minimum Gasteiger partial charge on any atom is -0.355 e. The maximum atomic E-state index is 11.7. The molecule has 0 saturated heterocycles. The van der Waals surface area contributed by atoms with Gasteiger partial charge in [-0.25, -0.2) is 0 Å². The molecule has 0 spiro atoms. The van der Waals surface area contributed by atoms with Gasteiger partial charge in [-0.1, -0.05) is 19.1 Å². The van der Waals surface area contributed by atoms with Gasteiger partial charge in [0.1, 0.15) is 0 Å². The van der Waals surface area contributed by atoms with E-state index < -0.39 is 0 Å². The van der Waals surface area contributed by atoms with Gasteiger partial charge in [0.25, 0.3) is 5.91 Å². The molecule has 0 saturated carbocycles. The van der Waals surface area contributed by atoms with Crippen LogP contribution in [0.4, 0.5) is 0 Å². The summed E-state index contributed by atoms with van der Waals surface area (Å²) < 4.78 is 0. The Balaban J connectivity index is 2.42. The third-order valence-corrected chi connectivity index (χ3v) is 2.43. The van der Waals surface area contributed by atoms with E-state index in [9.17, 15) is 9.59 Å².